The van der Waals surface area contributed by atoms with Gasteiger partial charge in [-0.3, -0.25) is 0 Å². The zero-order chi connectivity index (χ0) is 10.7. The zero-order valence-electron chi connectivity index (χ0n) is 9.65. The molecule has 0 amide bonds. The Morgan fingerprint density at radius 2 is 0.538 bits per heavy atom. The van der Waals surface area contributed by atoms with Crippen molar-refractivity contribution < 1.29 is 15.3 Å². The summed E-state index contributed by atoms with van der Waals surface area (Å²) in [5, 5.41) is 24.2. The van der Waals surface area contributed by atoms with E-state index < -0.39 is 0 Å². The van der Waals surface area contributed by atoms with Gasteiger partial charge < -0.3 is 15.3 Å². The first-order valence-electron chi connectivity index (χ1n) is 4.24. The summed E-state index contributed by atoms with van der Waals surface area (Å²) in [6.07, 6.45) is -0.500. The molecule has 0 spiro atoms. The van der Waals surface area contributed by atoms with E-state index in [-0.39, 0.29) is 35.7 Å². The Labute approximate surface area is 92.9 Å². The van der Waals surface area contributed by atoms with Crippen LogP contribution in [0.3, 0.4) is 0 Å². The molecule has 0 unspecified atom stereocenters. The molecule has 0 aromatic heterocycles. The lowest BCUT2D eigenvalue weighted by atomic mass is 10.5. The molecule has 0 aromatic rings. The van der Waals surface area contributed by atoms with E-state index in [0.29, 0.717) is 0 Å². The molecule has 3 radical (unpaired) electrons. The van der Waals surface area contributed by atoms with E-state index in [9.17, 15) is 0 Å². The van der Waals surface area contributed by atoms with E-state index in [0.717, 1.165) is 0 Å². The summed E-state index contributed by atoms with van der Waals surface area (Å²) in [6.45, 7) is 10.3. The molecule has 0 heterocycles. The van der Waals surface area contributed by atoms with Gasteiger partial charge in [0.15, 0.2) is 0 Å². The molecule has 0 rings (SSSR count). The summed E-state index contributed by atoms with van der Waals surface area (Å²) in [5.41, 5.74) is 0. The van der Waals surface area contributed by atoms with Crippen molar-refractivity contribution in [1.82, 2.24) is 0 Å². The van der Waals surface area contributed by atoms with E-state index in [2.05, 4.69) is 0 Å². The van der Waals surface area contributed by atoms with Crippen LogP contribution in [0.2, 0.25) is 0 Å². The SMILES string of the molecule is CC(C)O.CC(C)O.CC(C)O.[Al]. The van der Waals surface area contributed by atoms with Gasteiger partial charge in [0, 0.05) is 35.7 Å². The van der Waals surface area contributed by atoms with Crippen molar-refractivity contribution in [2.45, 2.75) is 59.9 Å². The second-order valence-electron chi connectivity index (χ2n) is 3.28. The van der Waals surface area contributed by atoms with Crippen LogP contribution in [0.4, 0.5) is 0 Å². The molecule has 0 saturated heterocycles. The largest absolute Gasteiger partial charge is 0.394 e. The van der Waals surface area contributed by atoms with Gasteiger partial charge in [-0.05, 0) is 41.5 Å². The van der Waals surface area contributed by atoms with E-state index in [1.807, 2.05) is 0 Å². The van der Waals surface area contributed by atoms with Crippen molar-refractivity contribution in [3.63, 3.8) is 0 Å². The zero-order valence-corrected chi connectivity index (χ0v) is 10.8. The topological polar surface area (TPSA) is 60.7 Å². The Kier molecular flexibility index (Phi) is 32.7. The van der Waals surface area contributed by atoms with Crippen LogP contribution in [0.5, 0.6) is 0 Å². The average Bonchev–Trinajstić information content (AvgIpc) is 1.54. The molecular weight excluding hydrogens is 183 g/mol. The molecule has 0 bridgehead atoms. The minimum atomic E-state index is -0.167. The molecular formula is C9H24AlO3. The fourth-order valence-electron chi connectivity index (χ4n) is 0. The van der Waals surface area contributed by atoms with Crippen molar-refractivity contribution in [2.24, 2.45) is 0 Å². The maximum atomic E-state index is 8.06. The molecule has 0 fully saturated rings. The lowest BCUT2D eigenvalue weighted by Gasteiger charge is -1.80. The minimum absolute atomic E-state index is 0. The monoisotopic (exact) mass is 207 g/mol. The fourth-order valence-corrected chi connectivity index (χ4v) is 0. The molecule has 3 nitrogen and oxygen atoms in total. The third-order valence-electron chi connectivity index (χ3n) is 0. The molecule has 0 aliphatic heterocycles. The summed E-state index contributed by atoms with van der Waals surface area (Å²) < 4.78 is 0. The molecule has 81 valence electrons. The summed E-state index contributed by atoms with van der Waals surface area (Å²) in [7, 11) is 0. The third kappa shape index (κ3) is 7910. The number of hydrogen-bond acceptors (Lipinski definition) is 3. The quantitative estimate of drug-likeness (QED) is 0.514. The Hall–Kier alpha value is 0.412. The predicted molar refractivity (Wildman–Crippen MR) is 57.8 cm³/mol. The van der Waals surface area contributed by atoms with E-state index in [1.54, 1.807) is 41.5 Å². The normalized spacial score (nSPS) is 8.31. The minimum Gasteiger partial charge on any atom is -0.394 e. The molecule has 0 aromatic carbocycles. The van der Waals surface area contributed by atoms with Crippen LogP contribution < -0.4 is 0 Å². The molecule has 4 heteroatoms. The third-order valence-corrected chi connectivity index (χ3v) is 0. The first kappa shape index (κ1) is 23.3. The van der Waals surface area contributed by atoms with Crippen LogP contribution in [0.15, 0.2) is 0 Å². The van der Waals surface area contributed by atoms with Gasteiger partial charge in [-0.1, -0.05) is 0 Å². The maximum Gasteiger partial charge on any atom is 0.0483 e. The summed E-state index contributed by atoms with van der Waals surface area (Å²) in [6, 6.07) is 0. The molecule has 13 heavy (non-hydrogen) atoms. The van der Waals surface area contributed by atoms with Gasteiger partial charge in [0.1, 0.15) is 0 Å². The van der Waals surface area contributed by atoms with Crippen molar-refractivity contribution in [3.05, 3.63) is 0 Å². The van der Waals surface area contributed by atoms with Crippen LogP contribution in [0.25, 0.3) is 0 Å². The highest BCUT2D eigenvalue weighted by Crippen LogP contribution is 1.65. The van der Waals surface area contributed by atoms with Gasteiger partial charge in [0.2, 0.25) is 0 Å². The lowest BCUT2D eigenvalue weighted by molar-refractivity contribution is 0.215. The number of aliphatic hydroxyl groups excluding tert-OH is 3. The Balaban J connectivity index is -0.0000000450. The van der Waals surface area contributed by atoms with Crippen LogP contribution >= 0.6 is 0 Å². The second kappa shape index (κ2) is 18.2. The molecule has 0 aliphatic rings. The molecule has 0 atom stereocenters. The van der Waals surface area contributed by atoms with Crippen LogP contribution in [0, 0.1) is 0 Å². The number of hydrogen-bond donors (Lipinski definition) is 3. The van der Waals surface area contributed by atoms with Gasteiger partial charge >= 0.3 is 0 Å². The molecule has 0 aliphatic carbocycles. The van der Waals surface area contributed by atoms with Crippen molar-refractivity contribution in [3.8, 4) is 0 Å². The standard InChI is InChI=1S/3C3H8O.Al/c3*1-3(2)4;/h3*3-4H,1-2H3;. The van der Waals surface area contributed by atoms with Gasteiger partial charge in [-0.2, -0.15) is 0 Å². The Morgan fingerprint density at radius 1 is 0.538 bits per heavy atom. The number of aliphatic hydroxyl groups is 3. The molecule has 3 N–H and O–H groups in total. The summed E-state index contributed by atoms with van der Waals surface area (Å²) >= 11 is 0. The van der Waals surface area contributed by atoms with Gasteiger partial charge in [-0.25, -0.2) is 0 Å². The van der Waals surface area contributed by atoms with Crippen LogP contribution in [0.1, 0.15) is 41.5 Å². The fraction of sp³-hybridized carbons (Fsp3) is 1.00. The Bertz CT molecular complexity index is 43.4. The summed E-state index contributed by atoms with van der Waals surface area (Å²) in [4.78, 5) is 0. The molecule has 0 saturated carbocycles. The second-order valence-corrected chi connectivity index (χ2v) is 3.28. The van der Waals surface area contributed by atoms with Crippen molar-refractivity contribution in [1.29, 1.82) is 0 Å². The maximum absolute atomic E-state index is 8.06. The van der Waals surface area contributed by atoms with Crippen molar-refractivity contribution >= 4 is 17.4 Å². The highest BCUT2D eigenvalue weighted by atomic mass is 27.0. The predicted octanol–water partition coefficient (Wildman–Crippen LogP) is 0.780. The Morgan fingerprint density at radius 3 is 0.538 bits per heavy atom. The first-order chi connectivity index (χ1) is 5.20. The van der Waals surface area contributed by atoms with Gasteiger partial charge in [0.05, 0.1) is 0 Å². The van der Waals surface area contributed by atoms with E-state index in [1.165, 1.54) is 0 Å². The van der Waals surface area contributed by atoms with Gasteiger partial charge in [-0.15, -0.1) is 0 Å². The summed E-state index contributed by atoms with van der Waals surface area (Å²) in [5.74, 6) is 0. The van der Waals surface area contributed by atoms with E-state index in [4.69, 9.17) is 15.3 Å². The van der Waals surface area contributed by atoms with Crippen molar-refractivity contribution in [2.75, 3.05) is 0 Å². The smallest absolute Gasteiger partial charge is 0.0483 e. The lowest BCUT2D eigenvalue weighted by Crippen LogP contribution is -1.85. The number of rotatable bonds is 0. The first-order valence-corrected chi connectivity index (χ1v) is 4.24. The van der Waals surface area contributed by atoms with Crippen LogP contribution in [-0.4, -0.2) is 51.0 Å². The highest BCUT2D eigenvalue weighted by Gasteiger charge is 1.70. The van der Waals surface area contributed by atoms with Crippen LogP contribution in [-0.2, 0) is 0 Å². The highest BCUT2D eigenvalue weighted by molar-refractivity contribution is 5.75. The van der Waals surface area contributed by atoms with Gasteiger partial charge in [0.25, 0.3) is 0 Å². The average molecular weight is 207 g/mol. The van der Waals surface area contributed by atoms with E-state index >= 15 is 0 Å².